The molecule has 0 aromatic heterocycles. The van der Waals surface area contributed by atoms with Crippen LogP contribution >= 0.6 is 0 Å². The number of piperidine rings is 1. The van der Waals surface area contributed by atoms with Gasteiger partial charge < -0.3 is 19.6 Å². The second-order valence-electron chi connectivity index (χ2n) is 7.44. The summed E-state index contributed by atoms with van der Waals surface area (Å²) in [6.07, 6.45) is 8.37. The third-order valence-corrected chi connectivity index (χ3v) is 5.53. The molecular formula is C18H36N2O2. The average molecular weight is 312 g/mol. The Morgan fingerprint density at radius 3 is 2.55 bits per heavy atom. The molecule has 22 heavy (non-hydrogen) atoms. The van der Waals surface area contributed by atoms with E-state index in [1.165, 1.54) is 45.1 Å². The number of hydrogen-bond donors (Lipinski definition) is 1. The Kier molecular flexibility index (Phi) is 8.15. The Morgan fingerprint density at radius 2 is 1.86 bits per heavy atom. The van der Waals surface area contributed by atoms with Crippen LogP contribution in [0.3, 0.4) is 0 Å². The van der Waals surface area contributed by atoms with Gasteiger partial charge in [0.1, 0.15) is 0 Å². The zero-order valence-corrected chi connectivity index (χ0v) is 14.7. The molecule has 0 radical (unpaired) electrons. The van der Waals surface area contributed by atoms with E-state index in [-0.39, 0.29) is 0 Å². The Balaban J connectivity index is 1.55. The lowest BCUT2D eigenvalue weighted by atomic mass is 9.88. The normalized spacial score (nSPS) is 28.4. The molecule has 0 spiro atoms. The highest BCUT2D eigenvalue weighted by Crippen LogP contribution is 2.26. The number of rotatable bonds is 8. The molecule has 0 unspecified atom stereocenters. The highest BCUT2D eigenvalue weighted by Gasteiger charge is 2.22. The summed E-state index contributed by atoms with van der Waals surface area (Å²) >= 11 is 0. The molecule has 1 N–H and O–H groups in total. The van der Waals surface area contributed by atoms with Crippen molar-refractivity contribution < 1.29 is 9.84 Å². The smallest absolute Gasteiger partial charge is 0.0601 e. The van der Waals surface area contributed by atoms with Crippen molar-refractivity contribution in [3.05, 3.63) is 0 Å². The molecule has 0 amide bonds. The van der Waals surface area contributed by atoms with E-state index in [4.69, 9.17) is 9.84 Å². The summed E-state index contributed by atoms with van der Waals surface area (Å²) in [4.78, 5) is 4.82. The number of likely N-dealkylation sites (N-methyl/N-ethyl adjacent to an activating group) is 1. The van der Waals surface area contributed by atoms with Gasteiger partial charge in [0.05, 0.1) is 19.3 Å². The molecule has 4 nitrogen and oxygen atoms in total. The van der Waals surface area contributed by atoms with Gasteiger partial charge in [0.2, 0.25) is 0 Å². The van der Waals surface area contributed by atoms with E-state index >= 15 is 0 Å². The molecule has 1 heterocycles. The molecule has 2 aliphatic rings. The quantitative estimate of drug-likeness (QED) is 0.745. The second-order valence-corrected chi connectivity index (χ2v) is 7.44. The third kappa shape index (κ3) is 6.15. The van der Waals surface area contributed by atoms with E-state index in [1.807, 2.05) is 0 Å². The standard InChI is InChI=1S/C18H36N2O2/c1-16-5-3-4-6-18(16)22-14-12-19(2)15-17-7-9-20(10-8-17)11-13-21/h16-18,21H,3-15H2,1-2H3/t16-,18+/m1/s1. The van der Waals surface area contributed by atoms with Gasteiger partial charge in [-0.05, 0) is 57.7 Å². The molecular weight excluding hydrogens is 276 g/mol. The van der Waals surface area contributed by atoms with Gasteiger partial charge in [-0.2, -0.15) is 0 Å². The molecule has 2 atom stereocenters. The summed E-state index contributed by atoms with van der Waals surface area (Å²) < 4.78 is 6.13. The van der Waals surface area contributed by atoms with Crippen LogP contribution in [0.1, 0.15) is 45.4 Å². The van der Waals surface area contributed by atoms with Crippen LogP contribution in [0.2, 0.25) is 0 Å². The first kappa shape index (κ1) is 18.2. The van der Waals surface area contributed by atoms with Crippen LogP contribution in [0.15, 0.2) is 0 Å². The Labute approximate surface area is 136 Å². The predicted octanol–water partition coefficient (Wildman–Crippen LogP) is 2.22. The van der Waals surface area contributed by atoms with E-state index in [0.717, 1.165) is 44.6 Å². The summed E-state index contributed by atoms with van der Waals surface area (Å²) in [5.41, 5.74) is 0. The number of aliphatic hydroxyl groups excluding tert-OH is 1. The fourth-order valence-corrected chi connectivity index (χ4v) is 3.96. The Hall–Kier alpha value is -0.160. The topological polar surface area (TPSA) is 35.9 Å². The zero-order chi connectivity index (χ0) is 15.8. The number of nitrogens with zero attached hydrogens (tertiary/aromatic N) is 2. The maximum atomic E-state index is 8.99. The Morgan fingerprint density at radius 1 is 1.14 bits per heavy atom. The van der Waals surface area contributed by atoms with Crippen LogP contribution < -0.4 is 0 Å². The van der Waals surface area contributed by atoms with E-state index in [2.05, 4.69) is 23.8 Å². The SMILES string of the molecule is C[C@@H]1CCCC[C@@H]1OCCN(C)CC1CCN(CCO)CC1. The number of β-amino-alcohol motifs (C(OH)–C–C–N with tert-alkyl or cyclic N) is 1. The largest absolute Gasteiger partial charge is 0.395 e. The zero-order valence-electron chi connectivity index (χ0n) is 14.7. The molecule has 0 aromatic rings. The van der Waals surface area contributed by atoms with Gasteiger partial charge in [0.15, 0.2) is 0 Å². The summed E-state index contributed by atoms with van der Waals surface area (Å²) in [5.74, 6) is 1.56. The molecule has 2 rings (SSSR count). The first-order valence-electron chi connectivity index (χ1n) is 9.32. The fourth-order valence-electron chi connectivity index (χ4n) is 3.96. The summed E-state index contributed by atoms with van der Waals surface area (Å²) in [5, 5.41) is 8.99. The fraction of sp³-hybridized carbons (Fsp3) is 1.00. The number of hydrogen-bond acceptors (Lipinski definition) is 4. The maximum Gasteiger partial charge on any atom is 0.0601 e. The molecule has 1 aliphatic carbocycles. The first-order valence-corrected chi connectivity index (χ1v) is 9.32. The van der Waals surface area contributed by atoms with E-state index < -0.39 is 0 Å². The van der Waals surface area contributed by atoms with Crippen molar-refractivity contribution in [2.75, 3.05) is 53.0 Å². The molecule has 1 saturated carbocycles. The lowest BCUT2D eigenvalue weighted by molar-refractivity contribution is -0.0134. The van der Waals surface area contributed by atoms with Gasteiger partial charge in [-0.3, -0.25) is 0 Å². The monoisotopic (exact) mass is 312 g/mol. The van der Waals surface area contributed by atoms with Crippen molar-refractivity contribution >= 4 is 0 Å². The Bertz CT molecular complexity index is 293. The molecule has 0 bridgehead atoms. The molecule has 1 aliphatic heterocycles. The van der Waals surface area contributed by atoms with Gasteiger partial charge in [-0.1, -0.05) is 19.8 Å². The molecule has 1 saturated heterocycles. The number of aliphatic hydroxyl groups is 1. The molecule has 130 valence electrons. The minimum Gasteiger partial charge on any atom is -0.395 e. The van der Waals surface area contributed by atoms with Gasteiger partial charge in [-0.15, -0.1) is 0 Å². The highest BCUT2D eigenvalue weighted by molar-refractivity contribution is 4.75. The average Bonchev–Trinajstić information content (AvgIpc) is 2.51. The van der Waals surface area contributed by atoms with E-state index in [0.29, 0.717) is 12.7 Å². The summed E-state index contributed by atoms with van der Waals surface area (Å²) in [6.45, 7) is 8.90. The van der Waals surface area contributed by atoms with Crippen LogP contribution in [0, 0.1) is 11.8 Å². The number of likely N-dealkylation sites (tertiary alicyclic amines) is 1. The van der Waals surface area contributed by atoms with Crippen LogP contribution in [-0.4, -0.2) is 74.0 Å². The third-order valence-electron chi connectivity index (χ3n) is 5.53. The minimum absolute atomic E-state index is 0.293. The molecule has 2 fully saturated rings. The number of ether oxygens (including phenoxy) is 1. The van der Waals surface area contributed by atoms with Crippen molar-refractivity contribution in [2.45, 2.75) is 51.6 Å². The first-order chi connectivity index (χ1) is 10.7. The van der Waals surface area contributed by atoms with Crippen molar-refractivity contribution in [1.29, 1.82) is 0 Å². The van der Waals surface area contributed by atoms with Crippen molar-refractivity contribution in [3.8, 4) is 0 Å². The molecule has 0 aromatic carbocycles. The van der Waals surface area contributed by atoms with Gasteiger partial charge in [-0.25, -0.2) is 0 Å². The summed E-state index contributed by atoms with van der Waals surface area (Å²) in [6, 6.07) is 0. The van der Waals surface area contributed by atoms with Crippen molar-refractivity contribution in [3.63, 3.8) is 0 Å². The van der Waals surface area contributed by atoms with Crippen LogP contribution in [0.5, 0.6) is 0 Å². The summed E-state index contributed by atoms with van der Waals surface area (Å²) in [7, 11) is 2.23. The van der Waals surface area contributed by atoms with Crippen LogP contribution in [0.25, 0.3) is 0 Å². The van der Waals surface area contributed by atoms with E-state index in [9.17, 15) is 0 Å². The van der Waals surface area contributed by atoms with Crippen molar-refractivity contribution in [1.82, 2.24) is 9.80 Å². The maximum absolute atomic E-state index is 8.99. The van der Waals surface area contributed by atoms with Gasteiger partial charge >= 0.3 is 0 Å². The van der Waals surface area contributed by atoms with Crippen LogP contribution in [-0.2, 0) is 4.74 Å². The lowest BCUT2D eigenvalue weighted by Gasteiger charge is -2.34. The molecule has 4 heteroatoms. The minimum atomic E-state index is 0.293. The van der Waals surface area contributed by atoms with Gasteiger partial charge in [0.25, 0.3) is 0 Å². The predicted molar refractivity (Wildman–Crippen MR) is 91.1 cm³/mol. The second kappa shape index (κ2) is 9.86. The highest BCUT2D eigenvalue weighted by atomic mass is 16.5. The lowest BCUT2D eigenvalue weighted by Crippen LogP contribution is -2.39. The van der Waals surface area contributed by atoms with Crippen LogP contribution in [0.4, 0.5) is 0 Å². The van der Waals surface area contributed by atoms with Crippen molar-refractivity contribution in [2.24, 2.45) is 11.8 Å². The van der Waals surface area contributed by atoms with Gasteiger partial charge in [0, 0.05) is 19.6 Å². The van der Waals surface area contributed by atoms with E-state index in [1.54, 1.807) is 0 Å².